The van der Waals surface area contributed by atoms with Gasteiger partial charge in [0.05, 0.1) is 18.1 Å². The fraction of sp³-hybridized carbons (Fsp3) is 0.929. The second-order valence-electron chi connectivity index (χ2n) is 5.58. The zero-order chi connectivity index (χ0) is 14.3. The van der Waals surface area contributed by atoms with Crippen molar-refractivity contribution in [2.45, 2.75) is 38.7 Å². The third kappa shape index (κ3) is 4.44. The number of piperidine rings is 1. The summed E-state index contributed by atoms with van der Waals surface area (Å²) in [5, 5.41) is 13.1. The predicted octanol–water partition coefficient (Wildman–Crippen LogP) is 0.622. The molecule has 0 aromatic rings. The number of likely N-dealkylation sites (N-methyl/N-ethyl adjacent to an activating group) is 1. The van der Waals surface area contributed by atoms with Crippen LogP contribution >= 0.6 is 0 Å². The van der Waals surface area contributed by atoms with Crippen molar-refractivity contribution in [3.8, 4) is 0 Å². The summed E-state index contributed by atoms with van der Waals surface area (Å²) in [7, 11) is 3.33. The molecule has 1 rings (SSSR count). The largest absolute Gasteiger partial charge is 0.389 e. The highest BCUT2D eigenvalue weighted by Crippen LogP contribution is 2.35. The zero-order valence-electron chi connectivity index (χ0n) is 12.4. The van der Waals surface area contributed by atoms with E-state index in [1.807, 2.05) is 0 Å². The molecule has 5 heteroatoms. The SMILES string of the molecule is CCCC1(C(=O)N(C)CC(O)COC)CCNCC1. The molecule has 1 aliphatic rings. The molecule has 0 aromatic carbocycles. The van der Waals surface area contributed by atoms with Crippen molar-refractivity contribution in [1.29, 1.82) is 0 Å². The van der Waals surface area contributed by atoms with Crippen molar-refractivity contribution >= 4 is 5.91 Å². The Morgan fingerprint density at radius 2 is 2.11 bits per heavy atom. The van der Waals surface area contributed by atoms with Crippen molar-refractivity contribution in [3.05, 3.63) is 0 Å². The summed E-state index contributed by atoms with van der Waals surface area (Å²) in [5.41, 5.74) is -0.235. The first kappa shape index (κ1) is 16.4. The molecule has 1 atom stereocenters. The zero-order valence-corrected chi connectivity index (χ0v) is 12.4. The summed E-state index contributed by atoms with van der Waals surface area (Å²) in [6.45, 7) is 4.53. The van der Waals surface area contributed by atoms with Crippen LogP contribution in [0.25, 0.3) is 0 Å². The van der Waals surface area contributed by atoms with Crippen LogP contribution in [0.2, 0.25) is 0 Å². The van der Waals surface area contributed by atoms with Crippen LogP contribution in [0.3, 0.4) is 0 Å². The second-order valence-corrected chi connectivity index (χ2v) is 5.58. The number of aliphatic hydroxyl groups excluding tert-OH is 1. The third-order valence-electron chi connectivity index (χ3n) is 3.93. The van der Waals surface area contributed by atoms with E-state index in [0.29, 0.717) is 6.54 Å². The minimum atomic E-state index is -0.612. The Kier molecular flexibility index (Phi) is 6.75. The van der Waals surface area contributed by atoms with Gasteiger partial charge >= 0.3 is 0 Å². The van der Waals surface area contributed by atoms with Gasteiger partial charge in [-0.3, -0.25) is 4.79 Å². The van der Waals surface area contributed by atoms with E-state index in [9.17, 15) is 9.90 Å². The number of hydrogen-bond acceptors (Lipinski definition) is 4. The van der Waals surface area contributed by atoms with E-state index in [4.69, 9.17) is 4.74 Å². The van der Waals surface area contributed by atoms with Crippen molar-refractivity contribution in [1.82, 2.24) is 10.2 Å². The summed E-state index contributed by atoms with van der Waals surface area (Å²) in [4.78, 5) is 14.4. The van der Waals surface area contributed by atoms with Gasteiger partial charge in [-0.15, -0.1) is 0 Å². The molecular formula is C14H28N2O3. The molecule has 2 N–H and O–H groups in total. The van der Waals surface area contributed by atoms with Gasteiger partial charge < -0.3 is 20.1 Å². The van der Waals surface area contributed by atoms with Crippen LogP contribution in [0.15, 0.2) is 0 Å². The van der Waals surface area contributed by atoms with Crippen LogP contribution < -0.4 is 5.32 Å². The minimum absolute atomic E-state index is 0.172. The van der Waals surface area contributed by atoms with Gasteiger partial charge in [-0.1, -0.05) is 13.3 Å². The Balaban J connectivity index is 2.65. The monoisotopic (exact) mass is 272 g/mol. The van der Waals surface area contributed by atoms with Crippen molar-refractivity contribution in [2.24, 2.45) is 5.41 Å². The van der Waals surface area contributed by atoms with E-state index in [0.717, 1.165) is 38.8 Å². The van der Waals surface area contributed by atoms with E-state index in [1.165, 1.54) is 0 Å². The average Bonchev–Trinajstić information content (AvgIpc) is 2.39. The molecule has 0 aromatic heterocycles. The summed E-state index contributed by atoms with van der Waals surface area (Å²) < 4.78 is 4.90. The van der Waals surface area contributed by atoms with E-state index in [-0.39, 0.29) is 17.9 Å². The van der Waals surface area contributed by atoms with Crippen LogP contribution in [-0.2, 0) is 9.53 Å². The number of aliphatic hydroxyl groups is 1. The first-order valence-corrected chi connectivity index (χ1v) is 7.19. The summed E-state index contributed by atoms with van der Waals surface area (Å²) in [5.74, 6) is 0.172. The molecule has 0 spiro atoms. The molecule has 0 aliphatic carbocycles. The Hall–Kier alpha value is -0.650. The summed E-state index contributed by atoms with van der Waals surface area (Å²) in [6, 6.07) is 0. The number of amides is 1. The van der Waals surface area contributed by atoms with Crippen LogP contribution in [0, 0.1) is 5.41 Å². The highest BCUT2D eigenvalue weighted by molar-refractivity contribution is 5.82. The number of nitrogens with one attached hydrogen (secondary N) is 1. The minimum Gasteiger partial charge on any atom is -0.389 e. The molecule has 1 saturated heterocycles. The highest BCUT2D eigenvalue weighted by atomic mass is 16.5. The lowest BCUT2D eigenvalue weighted by Gasteiger charge is -2.39. The number of carbonyl (C=O) groups excluding carboxylic acids is 1. The molecule has 1 aliphatic heterocycles. The first-order chi connectivity index (χ1) is 9.05. The second kappa shape index (κ2) is 7.82. The quantitative estimate of drug-likeness (QED) is 0.713. The maximum Gasteiger partial charge on any atom is 0.228 e. The Labute approximate surface area is 116 Å². The fourth-order valence-corrected chi connectivity index (χ4v) is 3.00. The molecule has 0 saturated carbocycles. The van der Waals surface area contributed by atoms with Crippen molar-refractivity contribution < 1.29 is 14.6 Å². The van der Waals surface area contributed by atoms with Crippen LogP contribution in [0.5, 0.6) is 0 Å². The lowest BCUT2D eigenvalue weighted by Crippen LogP contribution is -2.50. The van der Waals surface area contributed by atoms with Gasteiger partial charge in [-0.05, 0) is 32.4 Å². The van der Waals surface area contributed by atoms with Crippen LogP contribution in [-0.4, -0.2) is 62.4 Å². The molecule has 5 nitrogen and oxygen atoms in total. The molecule has 0 bridgehead atoms. The van der Waals surface area contributed by atoms with Gasteiger partial charge in [0.25, 0.3) is 0 Å². The maximum absolute atomic E-state index is 12.7. The molecular weight excluding hydrogens is 244 g/mol. The number of hydrogen-bond donors (Lipinski definition) is 2. The molecule has 0 radical (unpaired) electrons. The molecule has 1 unspecified atom stereocenters. The van der Waals surface area contributed by atoms with Gasteiger partial charge in [0.1, 0.15) is 0 Å². The first-order valence-electron chi connectivity index (χ1n) is 7.19. The highest BCUT2D eigenvalue weighted by Gasteiger charge is 2.40. The van der Waals surface area contributed by atoms with E-state index < -0.39 is 6.10 Å². The lowest BCUT2D eigenvalue weighted by atomic mass is 9.74. The Morgan fingerprint density at radius 1 is 1.47 bits per heavy atom. The summed E-state index contributed by atoms with van der Waals surface area (Å²) >= 11 is 0. The lowest BCUT2D eigenvalue weighted by molar-refractivity contribution is -0.144. The molecule has 1 amide bonds. The Bertz CT molecular complexity index is 272. The summed E-state index contributed by atoms with van der Waals surface area (Å²) in [6.07, 6.45) is 3.12. The van der Waals surface area contributed by atoms with Gasteiger partial charge in [0.15, 0.2) is 0 Å². The number of nitrogens with zero attached hydrogens (tertiary/aromatic N) is 1. The van der Waals surface area contributed by atoms with Crippen molar-refractivity contribution in [3.63, 3.8) is 0 Å². The number of rotatable bonds is 7. The smallest absolute Gasteiger partial charge is 0.228 e. The number of ether oxygens (including phenoxy) is 1. The van der Waals surface area contributed by atoms with Gasteiger partial charge in [0, 0.05) is 20.7 Å². The standard InChI is InChI=1S/C14H28N2O3/c1-4-5-14(6-8-15-9-7-14)13(18)16(2)10-12(17)11-19-3/h12,15,17H,4-11H2,1-3H3. The third-order valence-corrected chi connectivity index (χ3v) is 3.93. The van der Waals surface area contributed by atoms with Gasteiger partial charge in [0.2, 0.25) is 5.91 Å². The normalized spacial score (nSPS) is 20.0. The Morgan fingerprint density at radius 3 is 2.63 bits per heavy atom. The topological polar surface area (TPSA) is 61.8 Å². The van der Waals surface area contributed by atoms with Crippen LogP contribution in [0.4, 0.5) is 0 Å². The van der Waals surface area contributed by atoms with Crippen LogP contribution in [0.1, 0.15) is 32.6 Å². The number of methoxy groups -OCH3 is 1. The maximum atomic E-state index is 12.7. The predicted molar refractivity (Wildman–Crippen MR) is 75.0 cm³/mol. The molecule has 112 valence electrons. The molecule has 19 heavy (non-hydrogen) atoms. The van der Waals surface area contributed by atoms with E-state index in [1.54, 1.807) is 19.1 Å². The van der Waals surface area contributed by atoms with E-state index in [2.05, 4.69) is 12.2 Å². The molecule has 1 fully saturated rings. The molecule has 1 heterocycles. The fourth-order valence-electron chi connectivity index (χ4n) is 3.00. The van der Waals surface area contributed by atoms with E-state index >= 15 is 0 Å². The average molecular weight is 272 g/mol. The van der Waals surface area contributed by atoms with Crippen molar-refractivity contribution in [2.75, 3.05) is 40.4 Å². The van der Waals surface area contributed by atoms with Gasteiger partial charge in [-0.25, -0.2) is 0 Å². The number of carbonyl (C=O) groups is 1. The van der Waals surface area contributed by atoms with Gasteiger partial charge in [-0.2, -0.15) is 0 Å².